The van der Waals surface area contributed by atoms with Gasteiger partial charge < -0.3 is 15.4 Å². The average Bonchev–Trinajstić information content (AvgIpc) is 2.70. The first-order valence-corrected chi connectivity index (χ1v) is 10.6. The Kier molecular flexibility index (Phi) is 5.63. The van der Waals surface area contributed by atoms with Gasteiger partial charge in [-0.2, -0.15) is 4.98 Å². The van der Waals surface area contributed by atoms with Crippen molar-refractivity contribution in [3.63, 3.8) is 0 Å². The topological polar surface area (TPSA) is 76.1 Å². The van der Waals surface area contributed by atoms with Crippen LogP contribution in [-0.2, 0) is 6.42 Å². The molecular formula is C25H28N4O2. The maximum Gasteiger partial charge on any atom is 0.229 e. The summed E-state index contributed by atoms with van der Waals surface area (Å²) in [5.41, 5.74) is 4.15. The summed E-state index contributed by atoms with van der Waals surface area (Å²) >= 11 is 0. The number of rotatable bonds is 6. The predicted octanol–water partition coefficient (Wildman–Crippen LogP) is 5.83. The summed E-state index contributed by atoms with van der Waals surface area (Å²) in [7, 11) is 0. The highest BCUT2D eigenvalue weighted by Crippen LogP contribution is 2.38. The van der Waals surface area contributed by atoms with Gasteiger partial charge in [0.2, 0.25) is 5.95 Å². The Labute approximate surface area is 183 Å². The molecule has 3 aromatic rings. The SMILES string of the molecule is CCOc1ccc(Nc2nc3c(c(Nc4ccc(C)cc4)n2)C(=O)CC(C)(C)C3)cc1. The normalized spacial score (nSPS) is 14.6. The van der Waals surface area contributed by atoms with Crippen molar-refractivity contribution in [2.45, 2.75) is 40.5 Å². The first-order valence-electron chi connectivity index (χ1n) is 10.6. The highest BCUT2D eigenvalue weighted by Gasteiger charge is 2.35. The number of hydrogen-bond donors (Lipinski definition) is 2. The number of fused-ring (bicyclic) bond motifs is 1. The van der Waals surface area contributed by atoms with Crippen LogP contribution in [0.25, 0.3) is 0 Å². The molecular weight excluding hydrogens is 388 g/mol. The average molecular weight is 417 g/mol. The molecule has 0 fully saturated rings. The second-order valence-corrected chi connectivity index (χ2v) is 8.73. The van der Waals surface area contributed by atoms with Gasteiger partial charge in [0, 0.05) is 17.8 Å². The number of nitrogens with one attached hydrogen (secondary N) is 2. The highest BCUT2D eigenvalue weighted by molar-refractivity contribution is 6.03. The summed E-state index contributed by atoms with van der Waals surface area (Å²) in [6, 6.07) is 15.7. The van der Waals surface area contributed by atoms with Crippen molar-refractivity contribution in [3.05, 3.63) is 65.4 Å². The third-order valence-corrected chi connectivity index (χ3v) is 5.28. The molecule has 1 aliphatic rings. The number of carbonyl (C=O) groups is 1. The summed E-state index contributed by atoms with van der Waals surface area (Å²) in [4.78, 5) is 22.4. The third-order valence-electron chi connectivity index (χ3n) is 5.28. The summed E-state index contributed by atoms with van der Waals surface area (Å²) in [5, 5.41) is 6.61. The lowest BCUT2D eigenvalue weighted by Crippen LogP contribution is -2.29. The lowest BCUT2D eigenvalue weighted by atomic mass is 9.75. The number of ether oxygens (including phenoxy) is 1. The monoisotopic (exact) mass is 416 g/mol. The minimum atomic E-state index is -0.129. The molecule has 31 heavy (non-hydrogen) atoms. The van der Waals surface area contributed by atoms with Gasteiger partial charge in [0.25, 0.3) is 0 Å². The first-order chi connectivity index (χ1) is 14.8. The maximum atomic E-state index is 13.0. The number of nitrogens with zero attached hydrogens (tertiary/aromatic N) is 2. The second kappa shape index (κ2) is 8.38. The summed E-state index contributed by atoms with van der Waals surface area (Å²) in [5.74, 6) is 1.90. The molecule has 6 nitrogen and oxygen atoms in total. The van der Waals surface area contributed by atoms with E-state index in [1.165, 1.54) is 5.56 Å². The molecule has 4 rings (SSSR count). The number of hydrogen-bond acceptors (Lipinski definition) is 6. The van der Waals surface area contributed by atoms with Crippen LogP contribution in [0.5, 0.6) is 5.75 Å². The number of aryl methyl sites for hydroxylation is 1. The zero-order chi connectivity index (χ0) is 22.0. The Balaban J connectivity index is 1.70. The number of carbonyl (C=O) groups excluding carboxylic acids is 1. The van der Waals surface area contributed by atoms with Crippen LogP contribution in [0.2, 0.25) is 0 Å². The van der Waals surface area contributed by atoms with Crippen LogP contribution in [0.1, 0.15) is 48.8 Å². The van der Waals surface area contributed by atoms with Crippen molar-refractivity contribution in [1.29, 1.82) is 0 Å². The minimum Gasteiger partial charge on any atom is -0.494 e. The van der Waals surface area contributed by atoms with Crippen molar-refractivity contribution in [1.82, 2.24) is 9.97 Å². The summed E-state index contributed by atoms with van der Waals surface area (Å²) < 4.78 is 5.51. The van der Waals surface area contributed by atoms with Crippen LogP contribution in [0.3, 0.4) is 0 Å². The first kappa shape index (κ1) is 20.8. The van der Waals surface area contributed by atoms with Gasteiger partial charge in [-0.15, -0.1) is 0 Å². The Morgan fingerprint density at radius 1 is 0.935 bits per heavy atom. The zero-order valence-electron chi connectivity index (χ0n) is 18.5. The molecule has 0 saturated carbocycles. The minimum absolute atomic E-state index is 0.0773. The largest absolute Gasteiger partial charge is 0.494 e. The number of ketones is 1. The van der Waals surface area contributed by atoms with Crippen molar-refractivity contribution >= 4 is 28.9 Å². The van der Waals surface area contributed by atoms with E-state index in [0.29, 0.717) is 30.4 Å². The van der Waals surface area contributed by atoms with Gasteiger partial charge in [0.05, 0.1) is 17.9 Å². The highest BCUT2D eigenvalue weighted by atomic mass is 16.5. The smallest absolute Gasteiger partial charge is 0.229 e. The predicted molar refractivity (Wildman–Crippen MR) is 124 cm³/mol. The van der Waals surface area contributed by atoms with E-state index in [0.717, 1.165) is 29.2 Å². The Hall–Kier alpha value is -3.41. The van der Waals surface area contributed by atoms with Crippen molar-refractivity contribution in [2.24, 2.45) is 5.41 Å². The van der Waals surface area contributed by atoms with Gasteiger partial charge in [0.1, 0.15) is 11.6 Å². The number of aromatic nitrogens is 2. The molecule has 0 radical (unpaired) electrons. The molecule has 2 N–H and O–H groups in total. The van der Waals surface area contributed by atoms with Crippen LogP contribution in [0, 0.1) is 12.3 Å². The molecule has 0 aliphatic heterocycles. The molecule has 1 aromatic heterocycles. The fourth-order valence-corrected chi connectivity index (χ4v) is 3.82. The van der Waals surface area contributed by atoms with Crippen LogP contribution in [0.15, 0.2) is 48.5 Å². The van der Waals surface area contributed by atoms with Crippen LogP contribution in [0.4, 0.5) is 23.1 Å². The standard InChI is InChI=1S/C25H28N4O2/c1-5-31-19-12-10-18(11-13-19)27-24-28-20-14-25(3,4)15-21(30)22(20)23(29-24)26-17-8-6-16(2)7-9-17/h6-13H,5,14-15H2,1-4H3,(H2,26,27,28,29). The van der Waals surface area contributed by atoms with Crippen LogP contribution in [-0.4, -0.2) is 22.4 Å². The van der Waals surface area contributed by atoms with E-state index < -0.39 is 0 Å². The molecule has 1 heterocycles. The maximum absolute atomic E-state index is 13.0. The quantitative estimate of drug-likeness (QED) is 0.527. The molecule has 0 unspecified atom stereocenters. The lowest BCUT2D eigenvalue weighted by Gasteiger charge is -2.30. The van der Waals surface area contributed by atoms with Gasteiger partial charge in [-0.25, -0.2) is 4.98 Å². The molecule has 2 aromatic carbocycles. The molecule has 0 bridgehead atoms. The van der Waals surface area contributed by atoms with Crippen molar-refractivity contribution in [2.75, 3.05) is 17.2 Å². The van der Waals surface area contributed by atoms with E-state index in [9.17, 15) is 4.79 Å². The third kappa shape index (κ3) is 4.85. The van der Waals surface area contributed by atoms with Gasteiger partial charge in [0.15, 0.2) is 5.78 Å². The number of Topliss-reactive ketones (excluding diaryl/α,β-unsaturated/α-hetero) is 1. The van der Waals surface area contributed by atoms with Gasteiger partial charge in [-0.1, -0.05) is 31.5 Å². The molecule has 160 valence electrons. The number of anilines is 4. The number of benzene rings is 2. The zero-order valence-corrected chi connectivity index (χ0v) is 18.5. The van der Waals surface area contributed by atoms with E-state index in [4.69, 9.17) is 9.72 Å². The molecule has 0 atom stereocenters. The summed E-state index contributed by atoms with van der Waals surface area (Å²) in [6.45, 7) is 8.82. The second-order valence-electron chi connectivity index (χ2n) is 8.73. The van der Waals surface area contributed by atoms with Crippen LogP contribution < -0.4 is 15.4 Å². The molecule has 0 saturated heterocycles. The van der Waals surface area contributed by atoms with Gasteiger partial charge in [-0.3, -0.25) is 4.79 Å². The van der Waals surface area contributed by atoms with Crippen molar-refractivity contribution < 1.29 is 9.53 Å². The fourth-order valence-electron chi connectivity index (χ4n) is 3.82. The summed E-state index contributed by atoms with van der Waals surface area (Å²) in [6.07, 6.45) is 1.20. The molecule has 0 amide bonds. The Bertz CT molecular complexity index is 1090. The van der Waals surface area contributed by atoms with E-state index in [-0.39, 0.29) is 11.2 Å². The van der Waals surface area contributed by atoms with E-state index in [2.05, 4.69) is 29.5 Å². The molecule has 1 aliphatic carbocycles. The Morgan fingerprint density at radius 3 is 2.26 bits per heavy atom. The van der Waals surface area contributed by atoms with E-state index in [1.54, 1.807) is 0 Å². The van der Waals surface area contributed by atoms with Crippen LogP contribution >= 0.6 is 0 Å². The fraction of sp³-hybridized carbons (Fsp3) is 0.320. The van der Waals surface area contributed by atoms with E-state index >= 15 is 0 Å². The molecule has 0 spiro atoms. The van der Waals surface area contributed by atoms with Gasteiger partial charge in [-0.05, 0) is 62.1 Å². The van der Waals surface area contributed by atoms with Crippen molar-refractivity contribution in [3.8, 4) is 5.75 Å². The van der Waals surface area contributed by atoms with Gasteiger partial charge >= 0.3 is 0 Å². The molecule has 6 heteroatoms. The Morgan fingerprint density at radius 2 is 1.58 bits per heavy atom. The van der Waals surface area contributed by atoms with E-state index in [1.807, 2.05) is 62.4 Å². The lowest BCUT2D eigenvalue weighted by molar-refractivity contribution is 0.0911.